The van der Waals surface area contributed by atoms with Gasteiger partial charge in [0.25, 0.3) is 0 Å². The number of amides is 1. The van der Waals surface area contributed by atoms with Gasteiger partial charge in [-0.15, -0.1) is 10.2 Å². The Bertz CT molecular complexity index is 1100. The van der Waals surface area contributed by atoms with E-state index in [1.165, 1.54) is 18.7 Å². The van der Waals surface area contributed by atoms with Gasteiger partial charge in [-0.05, 0) is 31.0 Å². The number of carbonyl (C=O) groups is 2. The maximum atomic E-state index is 12.5. The molecule has 3 aromatic rings. The molecule has 8 nitrogen and oxygen atoms in total. The van der Waals surface area contributed by atoms with Crippen LogP contribution in [-0.4, -0.2) is 44.9 Å². The number of nitrogens with zero attached hydrogens (tertiary/aromatic N) is 3. The van der Waals surface area contributed by atoms with Crippen molar-refractivity contribution in [1.82, 2.24) is 20.1 Å². The summed E-state index contributed by atoms with van der Waals surface area (Å²) in [5, 5.41) is 11.8. The van der Waals surface area contributed by atoms with Crippen LogP contribution in [0.15, 0.2) is 59.8 Å². The molecule has 0 aliphatic carbocycles. The number of hydrogen-bond donors (Lipinski definition) is 1. The smallest absolute Gasteiger partial charge is 0.231 e. The Morgan fingerprint density at radius 1 is 1.12 bits per heavy atom. The normalized spacial score (nSPS) is 15.8. The summed E-state index contributed by atoms with van der Waals surface area (Å²) >= 11 is 1.26. The number of hydrogen-bond acceptors (Lipinski definition) is 7. The van der Waals surface area contributed by atoms with Gasteiger partial charge in [0.15, 0.2) is 34.4 Å². The molecular formula is C23H24N4O4S. The molecule has 166 valence electrons. The molecule has 4 rings (SSSR count). The quantitative estimate of drug-likeness (QED) is 0.525. The van der Waals surface area contributed by atoms with Crippen molar-refractivity contribution in [3.8, 4) is 11.5 Å². The van der Waals surface area contributed by atoms with Gasteiger partial charge in [0, 0.05) is 7.05 Å². The van der Waals surface area contributed by atoms with Crippen molar-refractivity contribution in [3.05, 3.63) is 66.0 Å². The van der Waals surface area contributed by atoms with Gasteiger partial charge in [0.05, 0.1) is 11.8 Å². The lowest BCUT2D eigenvalue weighted by Gasteiger charge is -2.25. The van der Waals surface area contributed by atoms with Gasteiger partial charge in [0.1, 0.15) is 6.61 Å². The van der Waals surface area contributed by atoms with Gasteiger partial charge in [0.2, 0.25) is 5.91 Å². The number of fused-ring (bicyclic) bond motifs is 1. The number of benzene rings is 2. The molecule has 1 aliphatic heterocycles. The first-order chi connectivity index (χ1) is 15.5. The molecule has 1 aromatic heterocycles. The predicted molar refractivity (Wildman–Crippen MR) is 120 cm³/mol. The molecule has 32 heavy (non-hydrogen) atoms. The fourth-order valence-corrected chi connectivity index (χ4v) is 4.12. The van der Waals surface area contributed by atoms with E-state index in [-0.39, 0.29) is 17.4 Å². The van der Waals surface area contributed by atoms with Crippen molar-refractivity contribution in [2.24, 2.45) is 7.05 Å². The Morgan fingerprint density at radius 2 is 1.84 bits per heavy atom. The molecule has 0 bridgehead atoms. The number of ketones is 1. The third-order valence-corrected chi connectivity index (χ3v) is 6.13. The number of rotatable bonds is 8. The summed E-state index contributed by atoms with van der Waals surface area (Å²) in [5.74, 6) is 1.79. The number of nitrogens with one attached hydrogen (secondary N) is 1. The van der Waals surface area contributed by atoms with Crippen LogP contribution in [0.3, 0.4) is 0 Å². The minimum absolute atomic E-state index is 0.0807. The highest BCUT2D eigenvalue weighted by Crippen LogP contribution is 2.35. The van der Waals surface area contributed by atoms with E-state index in [1.54, 1.807) is 4.57 Å². The van der Waals surface area contributed by atoms with E-state index >= 15 is 0 Å². The minimum Gasteiger partial charge on any atom is -0.485 e. The van der Waals surface area contributed by atoms with Gasteiger partial charge in [-0.3, -0.25) is 9.59 Å². The number of para-hydroxylation sites is 2. The van der Waals surface area contributed by atoms with E-state index in [0.29, 0.717) is 35.5 Å². The molecule has 2 heterocycles. The molecule has 0 unspecified atom stereocenters. The first-order valence-electron chi connectivity index (χ1n) is 10.3. The molecule has 0 fully saturated rings. The molecule has 1 N–H and O–H groups in total. The highest BCUT2D eigenvalue weighted by Gasteiger charge is 2.27. The van der Waals surface area contributed by atoms with Crippen molar-refractivity contribution >= 4 is 23.5 Å². The van der Waals surface area contributed by atoms with E-state index in [0.717, 1.165) is 5.56 Å². The van der Waals surface area contributed by atoms with Gasteiger partial charge in [-0.1, -0.05) is 54.2 Å². The summed E-state index contributed by atoms with van der Waals surface area (Å²) in [4.78, 5) is 24.5. The summed E-state index contributed by atoms with van der Waals surface area (Å²) in [7, 11) is 1.83. The van der Waals surface area contributed by atoms with Crippen LogP contribution < -0.4 is 14.8 Å². The zero-order valence-corrected chi connectivity index (χ0v) is 18.7. The van der Waals surface area contributed by atoms with Gasteiger partial charge >= 0.3 is 0 Å². The second-order valence-corrected chi connectivity index (χ2v) is 8.42. The van der Waals surface area contributed by atoms with Crippen LogP contribution in [0, 0.1) is 0 Å². The fraction of sp³-hybridized carbons (Fsp3) is 0.304. The number of Topliss-reactive ketones (excluding diaryl/α,β-unsaturated/α-hetero) is 1. The van der Waals surface area contributed by atoms with E-state index < -0.39 is 12.1 Å². The van der Waals surface area contributed by atoms with Gasteiger partial charge in [-0.2, -0.15) is 0 Å². The number of carbonyl (C=O) groups excluding carboxylic acids is 2. The SMILES string of the molecule is CC(=O)[C@H](Cc1ccccc1)NC(=O)CSc1nnc([C@@H]2COc3ccccc3O2)n1C. The van der Waals surface area contributed by atoms with E-state index in [9.17, 15) is 9.59 Å². The van der Waals surface area contributed by atoms with Gasteiger partial charge < -0.3 is 19.4 Å². The highest BCUT2D eigenvalue weighted by atomic mass is 32.2. The average molecular weight is 453 g/mol. The van der Waals surface area contributed by atoms with Gasteiger partial charge in [-0.25, -0.2) is 0 Å². The maximum absolute atomic E-state index is 12.5. The van der Waals surface area contributed by atoms with Crippen LogP contribution in [-0.2, 0) is 23.1 Å². The van der Waals surface area contributed by atoms with Crippen molar-refractivity contribution < 1.29 is 19.1 Å². The molecule has 2 atom stereocenters. The summed E-state index contributed by atoms with van der Waals surface area (Å²) in [5.41, 5.74) is 0.995. The molecule has 2 aromatic carbocycles. The summed E-state index contributed by atoms with van der Waals surface area (Å²) in [6.07, 6.45) is 0.0693. The van der Waals surface area contributed by atoms with Crippen LogP contribution in [0.1, 0.15) is 24.4 Å². The second-order valence-electron chi connectivity index (χ2n) is 7.47. The third-order valence-electron chi connectivity index (χ3n) is 5.11. The Hall–Kier alpha value is -3.33. The van der Waals surface area contributed by atoms with Crippen molar-refractivity contribution in [1.29, 1.82) is 0 Å². The fourth-order valence-electron chi connectivity index (χ4n) is 3.39. The standard InChI is InChI=1S/C23H24N4O4S/c1-15(28)17(12-16-8-4-3-5-9-16)24-21(29)14-32-23-26-25-22(27(23)2)20-13-30-18-10-6-7-11-19(18)31-20/h3-11,17,20H,12-14H2,1-2H3,(H,24,29)/t17-,20-/m0/s1. The highest BCUT2D eigenvalue weighted by molar-refractivity contribution is 7.99. The second kappa shape index (κ2) is 9.86. The first-order valence-corrected chi connectivity index (χ1v) is 11.2. The summed E-state index contributed by atoms with van der Waals surface area (Å²) < 4.78 is 13.6. The van der Waals surface area contributed by atoms with Crippen molar-refractivity contribution in [2.45, 2.75) is 30.6 Å². The predicted octanol–water partition coefficient (Wildman–Crippen LogP) is 2.74. The Balaban J connectivity index is 1.34. The monoisotopic (exact) mass is 452 g/mol. The topological polar surface area (TPSA) is 95.3 Å². The van der Waals surface area contributed by atoms with Crippen LogP contribution >= 0.6 is 11.8 Å². The Labute approximate surface area is 190 Å². The zero-order chi connectivity index (χ0) is 22.5. The molecule has 9 heteroatoms. The molecule has 1 aliphatic rings. The molecule has 0 radical (unpaired) electrons. The lowest BCUT2D eigenvalue weighted by Crippen LogP contribution is -2.42. The average Bonchev–Trinajstić information content (AvgIpc) is 3.17. The zero-order valence-electron chi connectivity index (χ0n) is 17.9. The maximum Gasteiger partial charge on any atom is 0.231 e. The lowest BCUT2D eigenvalue weighted by molar-refractivity contribution is -0.125. The third kappa shape index (κ3) is 5.11. The Morgan fingerprint density at radius 3 is 2.59 bits per heavy atom. The van der Waals surface area contributed by atoms with Crippen LogP contribution in [0.2, 0.25) is 0 Å². The summed E-state index contributed by atoms with van der Waals surface area (Å²) in [6, 6.07) is 16.5. The molecule has 1 amide bonds. The molecular weight excluding hydrogens is 428 g/mol. The lowest BCUT2D eigenvalue weighted by atomic mass is 10.0. The van der Waals surface area contributed by atoms with Crippen LogP contribution in [0.5, 0.6) is 11.5 Å². The summed E-state index contributed by atoms with van der Waals surface area (Å²) in [6.45, 7) is 1.81. The number of aromatic nitrogens is 3. The largest absolute Gasteiger partial charge is 0.485 e. The van der Waals surface area contributed by atoms with Crippen LogP contribution in [0.25, 0.3) is 0 Å². The van der Waals surface area contributed by atoms with E-state index in [1.807, 2.05) is 61.6 Å². The van der Waals surface area contributed by atoms with E-state index in [2.05, 4.69) is 15.5 Å². The van der Waals surface area contributed by atoms with E-state index in [4.69, 9.17) is 9.47 Å². The Kier molecular flexibility index (Phi) is 6.75. The first kappa shape index (κ1) is 21.9. The minimum atomic E-state index is -0.562. The molecule has 0 saturated carbocycles. The molecule has 0 spiro atoms. The van der Waals surface area contributed by atoms with Crippen molar-refractivity contribution in [2.75, 3.05) is 12.4 Å². The van der Waals surface area contributed by atoms with Crippen molar-refractivity contribution in [3.63, 3.8) is 0 Å². The number of thioether (sulfide) groups is 1. The number of ether oxygens (including phenoxy) is 2. The van der Waals surface area contributed by atoms with Crippen LogP contribution in [0.4, 0.5) is 0 Å². The molecule has 0 saturated heterocycles.